The molecule has 1 saturated heterocycles. The second kappa shape index (κ2) is 7.99. The van der Waals surface area contributed by atoms with E-state index in [0.717, 1.165) is 5.69 Å². The third-order valence-corrected chi connectivity index (χ3v) is 4.91. The van der Waals surface area contributed by atoms with Crippen LogP contribution in [-0.2, 0) is 4.79 Å². The van der Waals surface area contributed by atoms with Crippen molar-refractivity contribution < 1.29 is 9.72 Å². The summed E-state index contributed by atoms with van der Waals surface area (Å²) in [4.78, 5) is 27.7. The number of nitro benzene ring substituents is 1. The van der Waals surface area contributed by atoms with E-state index in [1.165, 1.54) is 6.07 Å². The van der Waals surface area contributed by atoms with Crippen molar-refractivity contribution in [2.75, 3.05) is 29.4 Å². The monoisotopic (exact) mass is 353 g/mol. The van der Waals surface area contributed by atoms with Crippen molar-refractivity contribution in [2.24, 2.45) is 5.92 Å². The number of carbonyl (C=O) groups excluding carboxylic acids is 1. The largest absolute Gasteiger partial charge is 0.366 e. The summed E-state index contributed by atoms with van der Waals surface area (Å²) >= 11 is 0. The molecule has 6 nitrogen and oxygen atoms in total. The summed E-state index contributed by atoms with van der Waals surface area (Å²) in [6, 6.07) is 16.5. The summed E-state index contributed by atoms with van der Waals surface area (Å²) in [6.07, 6.45) is 1.41. The van der Waals surface area contributed by atoms with Crippen molar-refractivity contribution in [2.45, 2.75) is 19.8 Å². The number of hydrogen-bond acceptors (Lipinski definition) is 4. The Morgan fingerprint density at radius 1 is 1.12 bits per heavy atom. The van der Waals surface area contributed by atoms with Crippen LogP contribution in [0.3, 0.4) is 0 Å². The van der Waals surface area contributed by atoms with E-state index < -0.39 is 0 Å². The minimum Gasteiger partial charge on any atom is -0.366 e. The van der Waals surface area contributed by atoms with Crippen molar-refractivity contribution in [3.05, 3.63) is 64.7 Å². The number of nitro groups is 1. The summed E-state index contributed by atoms with van der Waals surface area (Å²) in [5, 5.41) is 11.2. The Labute approximate surface area is 153 Å². The van der Waals surface area contributed by atoms with Crippen LogP contribution >= 0.6 is 0 Å². The number of anilines is 2. The van der Waals surface area contributed by atoms with Crippen LogP contribution in [0.2, 0.25) is 0 Å². The van der Waals surface area contributed by atoms with Crippen molar-refractivity contribution in [3.63, 3.8) is 0 Å². The molecule has 26 heavy (non-hydrogen) atoms. The van der Waals surface area contributed by atoms with Crippen molar-refractivity contribution >= 4 is 23.0 Å². The van der Waals surface area contributed by atoms with Crippen LogP contribution in [0.5, 0.6) is 0 Å². The Kier molecular flexibility index (Phi) is 5.51. The van der Waals surface area contributed by atoms with E-state index in [0.29, 0.717) is 38.2 Å². The molecule has 0 aliphatic carbocycles. The maximum absolute atomic E-state index is 12.9. The number of piperidine rings is 1. The van der Waals surface area contributed by atoms with Crippen molar-refractivity contribution in [3.8, 4) is 0 Å². The molecule has 136 valence electrons. The molecule has 0 aromatic heterocycles. The Bertz CT molecular complexity index is 771. The molecule has 1 amide bonds. The standard InChI is InChI=1S/C20H23N3O3/c1-2-22(17-8-4-3-5-9-17)20(24)16-12-14-21(15-13-16)18-10-6-7-11-19(18)23(25)26/h3-11,16H,2,12-15H2,1H3. The molecule has 0 saturated carbocycles. The maximum atomic E-state index is 12.9. The normalized spacial score (nSPS) is 14.9. The van der Waals surface area contributed by atoms with Crippen LogP contribution in [0.1, 0.15) is 19.8 Å². The third kappa shape index (κ3) is 3.69. The minimum absolute atomic E-state index is 0.0471. The van der Waals surface area contributed by atoms with Gasteiger partial charge in [-0.15, -0.1) is 0 Å². The highest BCUT2D eigenvalue weighted by Crippen LogP contribution is 2.32. The van der Waals surface area contributed by atoms with Gasteiger partial charge in [0.2, 0.25) is 5.91 Å². The van der Waals surface area contributed by atoms with Crippen LogP contribution in [0.25, 0.3) is 0 Å². The molecule has 0 atom stereocenters. The highest BCUT2D eigenvalue weighted by Gasteiger charge is 2.30. The van der Waals surface area contributed by atoms with E-state index in [4.69, 9.17) is 0 Å². The van der Waals surface area contributed by atoms with E-state index in [1.807, 2.05) is 53.1 Å². The lowest BCUT2D eigenvalue weighted by Crippen LogP contribution is -2.42. The number of para-hydroxylation sites is 3. The Morgan fingerprint density at radius 3 is 2.35 bits per heavy atom. The number of benzene rings is 2. The van der Waals surface area contributed by atoms with Gasteiger partial charge >= 0.3 is 0 Å². The summed E-state index contributed by atoms with van der Waals surface area (Å²) in [5.74, 6) is 0.0927. The van der Waals surface area contributed by atoms with Gasteiger partial charge in [-0.3, -0.25) is 14.9 Å². The second-order valence-electron chi connectivity index (χ2n) is 6.43. The van der Waals surface area contributed by atoms with Gasteiger partial charge in [-0.05, 0) is 38.0 Å². The SMILES string of the molecule is CCN(C(=O)C1CCN(c2ccccc2[N+](=O)[O-])CC1)c1ccccc1. The van der Waals surface area contributed by atoms with Gasteiger partial charge in [0.1, 0.15) is 5.69 Å². The Balaban J connectivity index is 1.69. The molecular weight excluding hydrogens is 330 g/mol. The van der Waals surface area contributed by atoms with E-state index in [2.05, 4.69) is 0 Å². The highest BCUT2D eigenvalue weighted by molar-refractivity contribution is 5.95. The highest BCUT2D eigenvalue weighted by atomic mass is 16.6. The summed E-state index contributed by atoms with van der Waals surface area (Å²) in [7, 11) is 0. The van der Waals surface area contributed by atoms with Gasteiger partial charge < -0.3 is 9.80 Å². The quantitative estimate of drug-likeness (QED) is 0.605. The molecule has 1 fully saturated rings. The van der Waals surface area contributed by atoms with E-state index >= 15 is 0 Å². The Morgan fingerprint density at radius 2 is 1.73 bits per heavy atom. The lowest BCUT2D eigenvalue weighted by Gasteiger charge is -2.35. The average Bonchev–Trinajstić information content (AvgIpc) is 2.69. The fraction of sp³-hybridized carbons (Fsp3) is 0.350. The van der Waals surface area contributed by atoms with Gasteiger partial charge in [-0.25, -0.2) is 0 Å². The predicted molar refractivity (Wildman–Crippen MR) is 103 cm³/mol. The fourth-order valence-corrected chi connectivity index (χ4v) is 3.55. The lowest BCUT2D eigenvalue weighted by atomic mass is 9.94. The average molecular weight is 353 g/mol. The number of carbonyl (C=O) groups is 1. The lowest BCUT2D eigenvalue weighted by molar-refractivity contribution is -0.384. The number of nitrogens with zero attached hydrogens (tertiary/aromatic N) is 3. The van der Waals surface area contributed by atoms with Crippen LogP contribution in [0.4, 0.5) is 17.1 Å². The summed E-state index contributed by atoms with van der Waals surface area (Å²) in [5.41, 5.74) is 1.68. The molecule has 1 aliphatic rings. The molecule has 2 aromatic carbocycles. The molecule has 0 spiro atoms. The first-order valence-electron chi connectivity index (χ1n) is 8.96. The molecule has 0 bridgehead atoms. The van der Waals surface area contributed by atoms with Crippen molar-refractivity contribution in [1.29, 1.82) is 0 Å². The fourth-order valence-electron chi connectivity index (χ4n) is 3.55. The topological polar surface area (TPSA) is 66.7 Å². The number of rotatable bonds is 5. The molecule has 1 aliphatic heterocycles. The smallest absolute Gasteiger partial charge is 0.292 e. The zero-order valence-electron chi connectivity index (χ0n) is 14.9. The zero-order valence-corrected chi connectivity index (χ0v) is 14.9. The molecule has 3 rings (SSSR count). The Hall–Kier alpha value is -2.89. The first-order chi connectivity index (χ1) is 12.6. The van der Waals surface area contributed by atoms with Gasteiger partial charge in [0.25, 0.3) is 5.69 Å². The van der Waals surface area contributed by atoms with Gasteiger partial charge in [-0.2, -0.15) is 0 Å². The predicted octanol–water partition coefficient (Wildman–Crippen LogP) is 3.86. The number of amides is 1. The maximum Gasteiger partial charge on any atom is 0.292 e. The second-order valence-corrected chi connectivity index (χ2v) is 6.43. The van der Waals surface area contributed by atoms with Gasteiger partial charge in [0.15, 0.2) is 0 Å². The minimum atomic E-state index is -0.346. The molecule has 0 unspecified atom stereocenters. The molecular formula is C20H23N3O3. The van der Waals surface area contributed by atoms with Crippen LogP contribution in [0, 0.1) is 16.0 Å². The van der Waals surface area contributed by atoms with Crippen LogP contribution < -0.4 is 9.80 Å². The first kappa shape index (κ1) is 17.9. The van der Waals surface area contributed by atoms with Crippen molar-refractivity contribution in [1.82, 2.24) is 0 Å². The summed E-state index contributed by atoms with van der Waals surface area (Å²) < 4.78 is 0. The molecule has 0 radical (unpaired) electrons. The zero-order chi connectivity index (χ0) is 18.5. The van der Waals surface area contributed by atoms with Crippen LogP contribution in [0.15, 0.2) is 54.6 Å². The van der Waals surface area contributed by atoms with E-state index in [-0.39, 0.29) is 22.4 Å². The van der Waals surface area contributed by atoms with Gasteiger partial charge in [0, 0.05) is 37.3 Å². The van der Waals surface area contributed by atoms with E-state index in [9.17, 15) is 14.9 Å². The molecule has 0 N–H and O–H groups in total. The first-order valence-corrected chi connectivity index (χ1v) is 8.96. The molecule has 1 heterocycles. The molecule has 6 heteroatoms. The van der Waals surface area contributed by atoms with Crippen LogP contribution in [-0.4, -0.2) is 30.5 Å². The van der Waals surface area contributed by atoms with E-state index in [1.54, 1.807) is 12.1 Å². The van der Waals surface area contributed by atoms with Gasteiger partial charge in [0.05, 0.1) is 4.92 Å². The summed E-state index contributed by atoms with van der Waals surface area (Å²) in [6.45, 7) is 3.90. The van der Waals surface area contributed by atoms with Gasteiger partial charge in [-0.1, -0.05) is 30.3 Å². The number of hydrogen-bond donors (Lipinski definition) is 0. The molecule has 2 aromatic rings. The third-order valence-electron chi connectivity index (χ3n) is 4.91.